The molecule has 102 valence electrons. The highest BCUT2D eigenvalue weighted by molar-refractivity contribution is 7.80. The van der Waals surface area contributed by atoms with Gasteiger partial charge < -0.3 is 14.8 Å². The Bertz CT molecular complexity index is 638. The minimum absolute atomic E-state index is 0.178. The van der Waals surface area contributed by atoms with Gasteiger partial charge in [-0.05, 0) is 42.5 Å². The predicted octanol–water partition coefficient (Wildman–Crippen LogP) is 2.30. The number of carbonyl (C=O) groups is 1. The van der Waals surface area contributed by atoms with Crippen LogP contribution in [0.2, 0.25) is 0 Å². The maximum atomic E-state index is 10.8. The largest absolute Gasteiger partial charge is 0.478 e. The summed E-state index contributed by atoms with van der Waals surface area (Å²) in [7, 11) is 0. The number of aromatic carboxylic acids is 1. The van der Waals surface area contributed by atoms with Crippen LogP contribution in [-0.4, -0.2) is 22.4 Å². The number of benzene rings is 1. The van der Waals surface area contributed by atoms with E-state index in [1.54, 1.807) is 24.3 Å². The molecule has 2 aromatic rings. The van der Waals surface area contributed by atoms with E-state index in [1.807, 2.05) is 0 Å². The summed E-state index contributed by atoms with van der Waals surface area (Å²) in [6, 6.07) is 9.80. The molecule has 20 heavy (non-hydrogen) atoms. The minimum Gasteiger partial charge on any atom is -0.478 e. The van der Waals surface area contributed by atoms with Crippen LogP contribution in [0.15, 0.2) is 52.2 Å². The van der Waals surface area contributed by atoms with Gasteiger partial charge in [-0.25, -0.2) is 4.79 Å². The number of rotatable bonds is 4. The number of nitrogens with zero attached hydrogens (tertiary/aromatic N) is 1. The molecule has 0 spiro atoms. The van der Waals surface area contributed by atoms with E-state index in [-0.39, 0.29) is 10.7 Å². The fraction of sp³-hybridized carbons (Fsp3) is 0. The number of hydrogen-bond acceptors (Lipinski definition) is 4. The molecular formula is C13H11N3O3S. The first-order valence-electron chi connectivity index (χ1n) is 5.62. The van der Waals surface area contributed by atoms with Crippen LogP contribution in [0.1, 0.15) is 16.1 Å². The van der Waals surface area contributed by atoms with Crippen LogP contribution in [-0.2, 0) is 0 Å². The Morgan fingerprint density at radius 1 is 1.35 bits per heavy atom. The molecule has 1 heterocycles. The van der Waals surface area contributed by atoms with Crippen LogP contribution >= 0.6 is 12.2 Å². The molecule has 0 bridgehead atoms. The summed E-state index contributed by atoms with van der Waals surface area (Å²) < 4.78 is 5.06. The molecule has 2 rings (SSSR count). The van der Waals surface area contributed by atoms with Gasteiger partial charge in [0.15, 0.2) is 5.11 Å². The van der Waals surface area contributed by atoms with Gasteiger partial charge in [-0.3, -0.25) is 5.43 Å². The first-order chi connectivity index (χ1) is 9.65. The number of furan rings is 1. The number of carboxylic acid groups (broad SMARTS) is 1. The fourth-order valence-corrected chi connectivity index (χ4v) is 1.58. The Morgan fingerprint density at radius 3 is 2.90 bits per heavy atom. The van der Waals surface area contributed by atoms with Crippen LogP contribution in [0.4, 0.5) is 5.69 Å². The first-order valence-corrected chi connectivity index (χ1v) is 6.03. The summed E-state index contributed by atoms with van der Waals surface area (Å²) in [5, 5.41) is 15.8. The molecule has 0 fully saturated rings. The van der Waals surface area contributed by atoms with Gasteiger partial charge >= 0.3 is 5.97 Å². The zero-order valence-corrected chi connectivity index (χ0v) is 11.1. The van der Waals surface area contributed by atoms with Gasteiger partial charge in [-0.1, -0.05) is 6.07 Å². The standard InChI is InChI=1S/C13H11N3O3S/c17-12(18)9-3-1-4-10(7-9)15-13(20)16-14-8-11-5-2-6-19-11/h1-8H,(H,17,18)(H2,15,16,20)/b14-8+. The lowest BCUT2D eigenvalue weighted by Crippen LogP contribution is -2.23. The maximum Gasteiger partial charge on any atom is 0.335 e. The number of thiocarbonyl (C=S) groups is 1. The molecule has 0 aliphatic heterocycles. The fourth-order valence-electron chi connectivity index (χ4n) is 1.41. The van der Waals surface area contributed by atoms with Crippen molar-refractivity contribution in [3.8, 4) is 0 Å². The molecule has 0 aliphatic rings. The third kappa shape index (κ3) is 3.92. The van der Waals surface area contributed by atoms with Crippen molar-refractivity contribution in [3.05, 3.63) is 54.0 Å². The van der Waals surface area contributed by atoms with Gasteiger partial charge in [-0.15, -0.1) is 0 Å². The summed E-state index contributed by atoms with van der Waals surface area (Å²) in [4.78, 5) is 10.8. The highest BCUT2D eigenvalue weighted by Gasteiger charge is 2.03. The molecular weight excluding hydrogens is 278 g/mol. The van der Waals surface area contributed by atoms with Crippen molar-refractivity contribution in [2.45, 2.75) is 0 Å². The SMILES string of the molecule is O=C(O)c1cccc(NC(=S)N/N=C/c2ccco2)c1. The van der Waals surface area contributed by atoms with Gasteiger partial charge in [0, 0.05) is 5.69 Å². The zero-order chi connectivity index (χ0) is 14.4. The molecule has 0 saturated heterocycles. The second-order valence-corrected chi connectivity index (χ2v) is 4.13. The number of hydrazone groups is 1. The molecule has 0 radical (unpaired) electrons. The lowest BCUT2D eigenvalue weighted by molar-refractivity contribution is 0.0697. The molecule has 6 nitrogen and oxygen atoms in total. The zero-order valence-electron chi connectivity index (χ0n) is 10.2. The van der Waals surface area contributed by atoms with Crippen molar-refractivity contribution in [2.24, 2.45) is 5.10 Å². The van der Waals surface area contributed by atoms with Crippen LogP contribution in [0.25, 0.3) is 0 Å². The third-order valence-electron chi connectivity index (χ3n) is 2.27. The number of hydrogen-bond donors (Lipinski definition) is 3. The topological polar surface area (TPSA) is 86.9 Å². The Kier molecular flexibility index (Phi) is 4.46. The Morgan fingerprint density at radius 2 is 2.20 bits per heavy atom. The van der Waals surface area contributed by atoms with Gasteiger partial charge in [0.2, 0.25) is 0 Å². The highest BCUT2D eigenvalue weighted by atomic mass is 32.1. The quantitative estimate of drug-likeness (QED) is 0.455. The predicted molar refractivity (Wildman–Crippen MR) is 79.1 cm³/mol. The molecule has 1 aromatic heterocycles. The number of nitrogens with one attached hydrogen (secondary N) is 2. The average molecular weight is 289 g/mol. The molecule has 0 unspecified atom stereocenters. The Balaban J connectivity index is 1.91. The van der Waals surface area contributed by atoms with Crippen LogP contribution in [0.3, 0.4) is 0 Å². The molecule has 0 saturated carbocycles. The highest BCUT2D eigenvalue weighted by Crippen LogP contribution is 2.10. The molecule has 7 heteroatoms. The van der Waals surface area contributed by atoms with E-state index >= 15 is 0 Å². The molecule has 0 amide bonds. The van der Waals surface area contributed by atoms with Gasteiger partial charge in [-0.2, -0.15) is 5.10 Å². The number of anilines is 1. The van der Waals surface area contributed by atoms with Crippen molar-refractivity contribution in [3.63, 3.8) is 0 Å². The molecule has 3 N–H and O–H groups in total. The van der Waals surface area contributed by atoms with Crippen LogP contribution in [0.5, 0.6) is 0 Å². The summed E-state index contributed by atoms with van der Waals surface area (Å²) in [6.45, 7) is 0. The number of carboxylic acids is 1. The van der Waals surface area contributed by atoms with Crippen molar-refractivity contribution in [2.75, 3.05) is 5.32 Å². The Hall–Kier alpha value is -2.67. The van der Waals surface area contributed by atoms with Gasteiger partial charge in [0.05, 0.1) is 18.0 Å². The van der Waals surface area contributed by atoms with E-state index < -0.39 is 5.97 Å². The van der Waals surface area contributed by atoms with Crippen LogP contribution < -0.4 is 10.7 Å². The second kappa shape index (κ2) is 6.48. The summed E-state index contributed by atoms with van der Waals surface area (Å²) in [5.41, 5.74) is 3.34. The van der Waals surface area contributed by atoms with E-state index in [4.69, 9.17) is 21.7 Å². The van der Waals surface area contributed by atoms with Crippen LogP contribution in [0, 0.1) is 0 Å². The van der Waals surface area contributed by atoms with E-state index in [0.29, 0.717) is 11.4 Å². The lowest BCUT2D eigenvalue weighted by atomic mass is 10.2. The van der Waals surface area contributed by atoms with Crippen molar-refractivity contribution >= 4 is 35.2 Å². The van der Waals surface area contributed by atoms with Gasteiger partial charge in [0.25, 0.3) is 0 Å². The average Bonchev–Trinajstić information content (AvgIpc) is 2.92. The smallest absolute Gasteiger partial charge is 0.335 e. The monoisotopic (exact) mass is 289 g/mol. The first kappa shape index (κ1) is 13.8. The molecule has 0 atom stereocenters. The minimum atomic E-state index is -0.997. The van der Waals surface area contributed by atoms with E-state index in [1.165, 1.54) is 24.6 Å². The second-order valence-electron chi connectivity index (χ2n) is 3.73. The normalized spacial score (nSPS) is 10.4. The Labute approximate surface area is 120 Å². The lowest BCUT2D eigenvalue weighted by Gasteiger charge is -2.07. The molecule has 1 aromatic carbocycles. The third-order valence-corrected chi connectivity index (χ3v) is 2.46. The molecule has 0 aliphatic carbocycles. The van der Waals surface area contributed by atoms with Crippen molar-refractivity contribution < 1.29 is 14.3 Å². The summed E-state index contributed by atoms with van der Waals surface area (Å²) in [5.74, 6) is -0.406. The van der Waals surface area contributed by atoms with E-state index in [9.17, 15) is 4.79 Å². The van der Waals surface area contributed by atoms with Gasteiger partial charge in [0.1, 0.15) is 5.76 Å². The summed E-state index contributed by atoms with van der Waals surface area (Å²) >= 11 is 5.03. The maximum absolute atomic E-state index is 10.8. The van der Waals surface area contributed by atoms with E-state index in [0.717, 1.165) is 0 Å². The van der Waals surface area contributed by atoms with Crippen molar-refractivity contribution in [1.29, 1.82) is 0 Å². The summed E-state index contributed by atoms with van der Waals surface area (Å²) in [6.07, 6.45) is 3.01. The van der Waals surface area contributed by atoms with E-state index in [2.05, 4.69) is 15.8 Å². The van der Waals surface area contributed by atoms with Crippen molar-refractivity contribution in [1.82, 2.24) is 5.43 Å².